The third-order valence-corrected chi connectivity index (χ3v) is 1.33. The van der Waals surface area contributed by atoms with Gasteiger partial charge in [-0.05, 0) is 19.9 Å². The van der Waals surface area contributed by atoms with Crippen molar-refractivity contribution in [3.8, 4) is 0 Å². The molecule has 0 unspecified atom stereocenters. The normalized spacial score (nSPS) is 11.8. The molecule has 0 bridgehead atoms. The zero-order valence-electron chi connectivity index (χ0n) is 8.01. The van der Waals surface area contributed by atoms with E-state index in [-0.39, 0.29) is 6.04 Å². The molecule has 0 saturated heterocycles. The summed E-state index contributed by atoms with van der Waals surface area (Å²) in [5.41, 5.74) is 0. The van der Waals surface area contributed by atoms with Gasteiger partial charge in [-0.25, -0.2) is 4.79 Å². The van der Waals surface area contributed by atoms with Crippen LogP contribution >= 0.6 is 0 Å². The van der Waals surface area contributed by atoms with Crippen LogP contribution in [0.3, 0.4) is 0 Å². The molecule has 14 heavy (non-hydrogen) atoms. The smallest absolute Gasteiger partial charge is 0.341 e. The minimum atomic E-state index is -0.419. The summed E-state index contributed by atoms with van der Waals surface area (Å²) in [7, 11) is 0. The Morgan fingerprint density at radius 1 is 1.71 bits per heavy atom. The molecule has 0 aliphatic rings. The van der Waals surface area contributed by atoms with Gasteiger partial charge in [-0.3, -0.25) is 0 Å². The van der Waals surface area contributed by atoms with Crippen molar-refractivity contribution in [3.05, 3.63) is 23.8 Å². The van der Waals surface area contributed by atoms with Gasteiger partial charge in [-0.2, -0.15) is 4.99 Å². The molecule has 6 heteroatoms. The molecule has 1 heterocycles. The molecule has 0 saturated carbocycles. The Morgan fingerprint density at radius 2 is 2.43 bits per heavy atom. The van der Waals surface area contributed by atoms with E-state index < -0.39 is 6.03 Å². The number of hydrogen-bond acceptors (Lipinski definition) is 3. The Hall–Kier alpha value is -1.85. The van der Waals surface area contributed by atoms with Gasteiger partial charge in [-0.1, -0.05) is 0 Å². The minimum absolute atomic E-state index is 0.0469. The van der Waals surface area contributed by atoms with Crippen LogP contribution in [0.5, 0.6) is 0 Å². The highest BCUT2D eigenvalue weighted by Gasteiger charge is 1.98. The van der Waals surface area contributed by atoms with Gasteiger partial charge >= 0.3 is 6.03 Å². The third-order valence-electron chi connectivity index (χ3n) is 1.33. The molecule has 1 rings (SSSR count). The molecule has 0 aromatic carbocycles. The summed E-state index contributed by atoms with van der Waals surface area (Å²) in [6, 6.07) is 1.11. The molecule has 1 aromatic heterocycles. The molecule has 76 valence electrons. The molecule has 0 aliphatic heterocycles. The fourth-order valence-electron chi connectivity index (χ4n) is 0.805. The molecule has 0 atom stereocenters. The predicted octanol–water partition coefficient (Wildman–Crippen LogP) is 0.139. The van der Waals surface area contributed by atoms with E-state index in [1.165, 1.54) is 18.5 Å². The van der Waals surface area contributed by atoms with Gasteiger partial charge in [0, 0.05) is 6.04 Å². The van der Waals surface area contributed by atoms with Gasteiger partial charge < -0.3 is 10.5 Å². The summed E-state index contributed by atoms with van der Waals surface area (Å²) in [5.74, 6) is 0. The van der Waals surface area contributed by atoms with Crippen molar-refractivity contribution in [2.45, 2.75) is 19.9 Å². The van der Waals surface area contributed by atoms with Crippen molar-refractivity contribution in [2.24, 2.45) is 4.99 Å². The first-order valence-electron chi connectivity index (χ1n) is 4.17. The molecule has 1 aromatic rings. The molecule has 0 fully saturated rings. The summed E-state index contributed by atoms with van der Waals surface area (Å²) >= 11 is 0. The molecule has 6 nitrogen and oxygen atoms in total. The van der Waals surface area contributed by atoms with Crippen molar-refractivity contribution in [1.29, 1.82) is 0 Å². The number of nitrogens with zero attached hydrogens (tertiary/aromatic N) is 3. The topological polar surface area (TPSA) is 79.5 Å². The highest BCUT2D eigenvalue weighted by Crippen LogP contribution is 1.79. The van der Waals surface area contributed by atoms with E-state index in [0.29, 0.717) is 10.2 Å². The SMILES string of the molecule is CC(C)NC(=O)/N=c1\ccn(O)nc1. The lowest BCUT2D eigenvalue weighted by molar-refractivity contribution is 0.143. The monoisotopic (exact) mass is 196 g/mol. The van der Waals surface area contributed by atoms with Crippen LogP contribution in [0.1, 0.15) is 13.8 Å². The summed E-state index contributed by atoms with van der Waals surface area (Å²) in [6.45, 7) is 3.69. The Morgan fingerprint density at radius 3 is 2.93 bits per heavy atom. The molecule has 0 spiro atoms. The quantitative estimate of drug-likeness (QED) is 0.627. The maximum Gasteiger partial charge on any atom is 0.341 e. The molecular formula is C8H12N4O2. The second-order valence-electron chi connectivity index (χ2n) is 3.02. The fraction of sp³-hybridized carbons (Fsp3) is 0.375. The fourth-order valence-corrected chi connectivity index (χ4v) is 0.805. The van der Waals surface area contributed by atoms with E-state index >= 15 is 0 Å². The Labute approximate surface area is 80.9 Å². The van der Waals surface area contributed by atoms with E-state index in [9.17, 15) is 4.79 Å². The van der Waals surface area contributed by atoms with Crippen LogP contribution in [0.25, 0.3) is 0 Å². The number of nitrogens with one attached hydrogen (secondary N) is 1. The minimum Gasteiger partial charge on any atom is -0.412 e. The first kappa shape index (κ1) is 10.2. The van der Waals surface area contributed by atoms with Crippen molar-refractivity contribution >= 4 is 6.03 Å². The average molecular weight is 196 g/mol. The van der Waals surface area contributed by atoms with Crippen LogP contribution < -0.4 is 10.7 Å². The number of urea groups is 1. The standard InChI is InChI=1S/C8H12N4O2/c1-6(2)10-8(13)11-7-3-4-12(14)9-5-7/h3-6,14H,1-2H3,(H,10,13)/b11-7+. The van der Waals surface area contributed by atoms with E-state index in [0.717, 1.165) is 0 Å². The Balaban J connectivity index is 2.78. The largest absolute Gasteiger partial charge is 0.412 e. The second-order valence-corrected chi connectivity index (χ2v) is 3.02. The zero-order chi connectivity index (χ0) is 10.6. The van der Waals surface area contributed by atoms with E-state index in [1.807, 2.05) is 13.8 Å². The van der Waals surface area contributed by atoms with Gasteiger partial charge in [0.1, 0.15) is 0 Å². The summed E-state index contributed by atoms with van der Waals surface area (Å²) in [6.07, 6.45) is 2.58. The maximum absolute atomic E-state index is 11.1. The number of carbonyl (C=O) groups is 1. The summed E-state index contributed by atoms with van der Waals surface area (Å²) in [4.78, 5) is 15.5. The van der Waals surface area contributed by atoms with Crippen LogP contribution in [0, 0.1) is 0 Å². The number of rotatable bonds is 1. The first-order valence-corrected chi connectivity index (χ1v) is 4.17. The van der Waals surface area contributed by atoms with Gasteiger partial charge in [0.25, 0.3) is 0 Å². The number of amides is 2. The van der Waals surface area contributed by atoms with Crippen molar-refractivity contribution in [1.82, 2.24) is 15.3 Å². The molecule has 2 amide bonds. The van der Waals surface area contributed by atoms with Crippen LogP contribution in [-0.2, 0) is 0 Å². The van der Waals surface area contributed by atoms with Crippen LogP contribution in [-0.4, -0.2) is 27.2 Å². The number of carbonyl (C=O) groups excluding carboxylic acids is 1. The first-order chi connectivity index (χ1) is 6.58. The van der Waals surface area contributed by atoms with E-state index in [4.69, 9.17) is 5.21 Å². The predicted molar refractivity (Wildman–Crippen MR) is 48.6 cm³/mol. The van der Waals surface area contributed by atoms with E-state index in [2.05, 4.69) is 15.4 Å². The molecule has 0 aliphatic carbocycles. The number of aromatic nitrogens is 2. The van der Waals surface area contributed by atoms with Crippen molar-refractivity contribution in [3.63, 3.8) is 0 Å². The lowest BCUT2D eigenvalue weighted by Crippen LogP contribution is -2.29. The van der Waals surface area contributed by atoms with Crippen molar-refractivity contribution in [2.75, 3.05) is 0 Å². The zero-order valence-corrected chi connectivity index (χ0v) is 8.01. The molecule has 2 N–H and O–H groups in total. The summed E-state index contributed by atoms with van der Waals surface area (Å²) < 4.78 is 0. The maximum atomic E-state index is 11.1. The average Bonchev–Trinajstić information content (AvgIpc) is 2.07. The highest BCUT2D eigenvalue weighted by atomic mass is 16.5. The van der Waals surface area contributed by atoms with Crippen LogP contribution in [0.4, 0.5) is 4.79 Å². The van der Waals surface area contributed by atoms with Gasteiger partial charge in [0.2, 0.25) is 0 Å². The van der Waals surface area contributed by atoms with Crippen molar-refractivity contribution < 1.29 is 10.0 Å². The van der Waals surface area contributed by atoms with Gasteiger partial charge in [0.05, 0.1) is 17.8 Å². The van der Waals surface area contributed by atoms with Gasteiger partial charge in [0.15, 0.2) is 0 Å². The highest BCUT2D eigenvalue weighted by molar-refractivity contribution is 5.75. The lowest BCUT2D eigenvalue weighted by atomic mass is 10.4. The van der Waals surface area contributed by atoms with Crippen LogP contribution in [0.2, 0.25) is 0 Å². The number of hydrogen-bond donors (Lipinski definition) is 2. The molecular weight excluding hydrogens is 184 g/mol. The Bertz CT molecular complexity index is 363. The van der Waals surface area contributed by atoms with Crippen LogP contribution in [0.15, 0.2) is 23.5 Å². The summed E-state index contributed by atoms with van der Waals surface area (Å²) in [5, 5.41) is 15.3. The third kappa shape index (κ3) is 3.26. The van der Waals surface area contributed by atoms with E-state index in [1.54, 1.807) is 0 Å². The molecule has 0 radical (unpaired) electrons. The van der Waals surface area contributed by atoms with Gasteiger partial charge in [-0.15, -0.1) is 9.94 Å². The lowest BCUT2D eigenvalue weighted by Gasteiger charge is -2.02. The second kappa shape index (κ2) is 4.40. The Kier molecular flexibility index (Phi) is 3.22.